The highest BCUT2D eigenvalue weighted by molar-refractivity contribution is 6.03. The molecule has 0 atom stereocenters. The third-order valence-corrected chi connectivity index (χ3v) is 3.39. The first kappa shape index (κ1) is 15.7. The number of hydrogen-bond donors (Lipinski definition) is 1. The number of amides is 1. The molecule has 24 heavy (non-hydrogen) atoms. The van der Waals surface area contributed by atoms with Gasteiger partial charge in [-0.15, -0.1) is 5.10 Å². The number of benzene rings is 2. The van der Waals surface area contributed by atoms with Crippen molar-refractivity contribution >= 4 is 11.6 Å². The minimum Gasteiger partial charge on any atom is -0.318 e. The van der Waals surface area contributed by atoms with Crippen molar-refractivity contribution in [3.63, 3.8) is 0 Å². The number of carbonyl (C=O) groups excluding carboxylic acids is 1. The Bertz CT molecular complexity index is 909. The zero-order valence-corrected chi connectivity index (χ0v) is 12.4. The molecule has 1 aromatic heterocycles. The zero-order chi connectivity index (χ0) is 17.3. The van der Waals surface area contributed by atoms with E-state index in [-0.39, 0.29) is 5.69 Å². The molecule has 0 radical (unpaired) electrons. The van der Waals surface area contributed by atoms with Crippen LogP contribution in [0.2, 0.25) is 0 Å². The van der Waals surface area contributed by atoms with E-state index in [1.54, 1.807) is 31.2 Å². The molecule has 0 aliphatic rings. The molecular formula is C16H11F3N4O. The summed E-state index contributed by atoms with van der Waals surface area (Å²) >= 11 is 0. The normalized spacial score (nSPS) is 10.7. The number of nitrogens with one attached hydrogen (secondary N) is 1. The van der Waals surface area contributed by atoms with Crippen molar-refractivity contribution < 1.29 is 18.0 Å². The lowest BCUT2D eigenvalue weighted by Crippen LogP contribution is -2.16. The van der Waals surface area contributed by atoms with Crippen LogP contribution in [0.15, 0.2) is 42.5 Å². The Balaban J connectivity index is 1.90. The summed E-state index contributed by atoms with van der Waals surface area (Å²) in [7, 11) is 0. The predicted octanol–water partition coefficient (Wildman–Crippen LogP) is 3.25. The summed E-state index contributed by atoms with van der Waals surface area (Å²) in [6.07, 6.45) is 0. The van der Waals surface area contributed by atoms with Gasteiger partial charge in [-0.2, -0.15) is 0 Å². The van der Waals surface area contributed by atoms with Gasteiger partial charge in [-0.1, -0.05) is 23.4 Å². The highest BCUT2D eigenvalue weighted by Gasteiger charge is 2.20. The van der Waals surface area contributed by atoms with Gasteiger partial charge < -0.3 is 5.32 Å². The third-order valence-electron chi connectivity index (χ3n) is 3.39. The first-order chi connectivity index (χ1) is 11.5. The molecule has 0 saturated heterocycles. The lowest BCUT2D eigenvalue weighted by molar-refractivity contribution is 0.102. The predicted molar refractivity (Wildman–Crippen MR) is 80.4 cm³/mol. The van der Waals surface area contributed by atoms with Gasteiger partial charge in [0.05, 0.1) is 17.1 Å². The van der Waals surface area contributed by atoms with E-state index in [1.165, 1.54) is 4.68 Å². The van der Waals surface area contributed by atoms with Gasteiger partial charge in [-0.25, -0.2) is 17.9 Å². The van der Waals surface area contributed by atoms with E-state index >= 15 is 0 Å². The van der Waals surface area contributed by atoms with Gasteiger partial charge in [0.25, 0.3) is 5.91 Å². The number of hydrogen-bond acceptors (Lipinski definition) is 3. The van der Waals surface area contributed by atoms with Crippen molar-refractivity contribution in [3.05, 3.63) is 71.3 Å². The van der Waals surface area contributed by atoms with Crippen molar-refractivity contribution in [2.45, 2.75) is 6.92 Å². The minimum absolute atomic E-state index is 0.0528. The van der Waals surface area contributed by atoms with Gasteiger partial charge in [0.2, 0.25) is 0 Å². The van der Waals surface area contributed by atoms with E-state index in [2.05, 4.69) is 15.6 Å². The monoisotopic (exact) mass is 332 g/mol. The van der Waals surface area contributed by atoms with Crippen molar-refractivity contribution in [1.82, 2.24) is 15.0 Å². The Labute approximate surface area is 134 Å². The van der Waals surface area contributed by atoms with Gasteiger partial charge in [-0.3, -0.25) is 4.79 Å². The largest absolute Gasteiger partial charge is 0.318 e. The van der Waals surface area contributed by atoms with Gasteiger partial charge in [0.1, 0.15) is 0 Å². The first-order valence-corrected chi connectivity index (χ1v) is 6.91. The number of anilines is 1. The maximum atomic E-state index is 13.6. The molecule has 0 bridgehead atoms. The summed E-state index contributed by atoms with van der Waals surface area (Å²) in [5.74, 6) is -5.25. The number of halogens is 3. The Morgan fingerprint density at radius 2 is 1.75 bits per heavy atom. The second-order valence-electron chi connectivity index (χ2n) is 4.95. The Morgan fingerprint density at radius 1 is 1.04 bits per heavy atom. The molecule has 3 rings (SSSR count). The summed E-state index contributed by atoms with van der Waals surface area (Å²) in [6.45, 7) is 1.61. The molecule has 3 aromatic rings. The van der Waals surface area contributed by atoms with E-state index in [4.69, 9.17) is 0 Å². The molecule has 0 unspecified atom stereocenters. The maximum absolute atomic E-state index is 13.6. The first-order valence-electron chi connectivity index (χ1n) is 6.91. The molecule has 122 valence electrons. The maximum Gasteiger partial charge on any atom is 0.278 e. The minimum atomic E-state index is -1.66. The lowest BCUT2D eigenvalue weighted by atomic mass is 10.2. The smallest absolute Gasteiger partial charge is 0.278 e. The van der Waals surface area contributed by atoms with Gasteiger partial charge >= 0.3 is 0 Å². The molecule has 1 heterocycles. The van der Waals surface area contributed by atoms with E-state index in [0.29, 0.717) is 11.4 Å². The van der Waals surface area contributed by atoms with Gasteiger partial charge in [-0.05, 0) is 31.2 Å². The average Bonchev–Trinajstić information content (AvgIpc) is 2.98. The molecule has 1 amide bonds. The highest BCUT2D eigenvalue weighted by Crippen LogP contribution is 2.21. The summed E-state index contributed by atoms with van der Waals surface area (Å²) in [6, 6.07) is 10.6. The fourth-order valence-electron chi connectivity index (χ4n) is 2.16. The van der Waals surface area contributed by atoms with Gasteiger partial charge in [0.15, 0.2) is 23.1 Å². The Hall–Kier alpha value is -3.16. The van der Waals surface area contributed by atoms with Crippen molar-refractivity contribution in [2.24, 2.45) is 0 Å². The number of aromatic nitrogens is 3. The van der Waals surface area contributed by atoms with Crippen LogP contribution in [0.5, 0.6) is 0 Å². The van der Waals surface area contributed by atoms with Crippen molar-refractivity contribution in [1.29, 1.82) is 0 Å². The molecule has 0 spiro atoms. The lowest BCUT2D eigenvalue weighted by Gasteiger charge is -2.07. The van der Waals surface area contributed by atoms with Gasteiger partial charge in [0, 0.05) is 0 Å². The zero-order valence-electron chi connectivity index (χ0n) is 12.4. The summed E-state index contributed by atoms with van der Waals surface area (Å²) in [4.78, 5) is 12.2. The standard InChI is InChI=1S/C16H11F3N4O/c1-9-15(21-22-23(9)10-5-3-2-4-6-10)16(24)20-12-8-7-11(17)13(18)14(12)19/h2-8H,1H3,(H,20,24). The van der Waals surface area contributed by atoms with Crippen LogP contribution in [-0.4, -0.2) is 20.9 Å². The summed E-state index contributed by atoms with van der Waals surface area (Å²) < 4.78 is 41.2. The summed E-state index contributed by atoms with van der Waals surface area (Å²) in [5, 5.41) is 9.81. The quantitative estimate of drug-likeness (QED) is 0.749. The van der Waals surface area contributed by atoms with Crippen LogP contribution in [0.3, 0.4) is 0 Å². The van der Waals surface area contributed by atoms with Crippen molar-refractivity contribution in [2.75, 3.05) is 5.32 Å². The molecular weight excluding hydrogens is 321 g/mol. The van der Waals surface area contributed by atoms with Crippen LogP contribution >= 0.6 is 0 Å². The van der Waals surface area contributed by atoms with E-state index in [0.717, 1.165) is 12.1 Å². The molecule has 0 saturated carbocycles. The number of rotatable bonds is 3. The Kier molecular flexibility index (Phi) is 4.03. The van der Waals surface area contributed by atoms with Crippen molar-refractivity contribution in [3.8, 4) is 5.69 Å². The van der Waals surface area contributed by atoms with Crippen LogP contribution < -0.4 is 5.32 Å². The average molecular weight is 332 g/mol. The fourth-order valence-corrected chi connectivity index (χ4v) is 2.16. The molecule has 0 fully saturated rings. The molecule has 1 N–H and O–H groups in total. The van der Waals surface area contributed by atoms with Crippen LogP contribution in [0.4, 0.5) is 18.9 Å². The van der Waals surface area contributed by atoms with Crippen LogP contribution in [0.25, 0.3) is 5.69 Å². The topological polar surface area (TPSA) is 59.8 Å². The van der Waals surface area contributed by atoms with Crippen LogP contribution in [0, 0.1) is 24.4 Å². The van der Waals surface area contributed by atoms with E-state index in [1.807, 2.05) is 6.07 Å². The summed E-state index contributed by atoms with van der Waals surface area (Å²) in [5.41, 5.74) is 0.581. The highest BCUT2D eigenvalue weighted by atomic mass is 19.2. The molecule has 5 nitrogen and oxygen atoms in total. The number of para-hydroxylation sites is 1. The SMILES string of the molecule is Cc1c(C(=O)Nc2ccc(F)c(F)c2F)nnn1-c1ccccc1. The van der Waals surface area contributed by atoms with E-state index < -0.39 is 29.0 Å². The fraction of sp³-hybridized carbons (Fsp3) is 0.0625. The van der Waals surface area contributed by atoms with Crippen LogP contribution in [-0.2, 0) is 0 Å². The third kappa shape index (κ3) is 2.73. The second-order valence-corrected chi connectivity index (χ2v) is 4.95. The Morgan fingerprint density at radius 3 is 2.46 bits per heavy atom. The number of carbonyl (C=O) groups is 1. The molecule has 8 heteroatoms. The van der Waals surface area contributed by atoms with Crippen LogP contribution in [0.1, 0.15) is 16.2 Å². The molecule has 0 aliphatic carbocycles. The van der Waals surface area contributed by atoms with E-state index in [9.17, 15) is 18.0 Å². The number of nitrogens with zero attached hydrogens (tertiary/aromatic N) is 3. The second kappa shape index (κ2) is 6.15. The molecule has 0 aliphatic heterocycles. The molecule has 2 aromatic carbocycles.